The van der Waals surface area contributed by atoms with Crippen LogP contribution in [0, 0.1) is 0 Å². The van der Waals surface area contributed by atoms with Gasteiger partial charge >= 0.3 is 0 Å². The molecule has 2 amide bonds. The van der Waals surface area contributed by atoms with Gasteiger partial charge in [0, 0.05) is 17.3 Å². The molecule has 0 spiro atoms. The van der Waals surface area contributed by atoms with E-state index in [-0.39, 0.29) is 11.0 Å². The van der Waals surface area contributed by atoms with Crippen LogP contribution in [-0.4, -0.2) is 11.8 Å². The maximum absolute atomic E-state index is 12.3. The lowest BCUT2D eigenvalue weighted by atomic mass is 10.1. The second-order valence-electron chi connectivity index (χ2n) is 5.28. The Hall–Kier alpha value is -3.67. The van der Waals surface area contributed by atoms with Crippen LogP contribution in [0.4, 0.5) is 5.69 Å². The van der Waals surface area contributed by atoms with Crippen molar-refractivity contribution in [2.75, 3.05) is 5.32 Å². The fourth-order valence-corrected chi connectivity index (χ4v) is 2.28. The third-order valence-electron chi connectivity index (χ3n) is 3.56. The SMILES string of the molecule is NC(=O)c1ccc(NC(=O)/C=C/c2coc3ccccc3c2=O)cc1. The van der Waals surface area contributed by atoms with E-state index in [1.165, 1.54) is 30.5 Å². The van der Waals surface area contributed by atoms with Gasteiger partial charge in [-0.3, -0.25) is 14.4 Å². The van der Waals surface area contributed by atoms with Crippen molar-refractivity contribution in [3.8, 4) is 0 Å². The van der Waals surface area contributed by atoms with E-state index < -0.39 is 11.8 Å². The first-order valence-corrected chi connectivity index (χ1v) is 7.44. The Bertz CT molecular complexity index is 1030. The number of hydrogen-bond donors (Lipinski definition) is 2. The van der Waals surface area contributed by atoms with Crippen LogP contribution in [-0.2, 0) is 4.79 Å². The molecule has 6 nitrogen and oxygen atoms in total. The average molecular weight is 334 g/mol. The Kier molecular flexibility index (Phi) is 4.43. The number of amides is 2. The maximum atomic E-state index is 12.3. The number of para-hydroxylation sites is 1. The zero-order valence-corrected chi connectivity index (χ0v) is 13.1. The summed E-state index contributed by atoms with van der Waals surface area (Å²) in [4.78, 5) is 35.3. The summed E-state index contributed by atoms with van der Waals surface area (Å²) in [6, 6.07) is 13.0. The highest BCUT2D eigenvalue weighted by atomic mass is 16.3. The molecule has 0 radical (unpaired) electrons. The Morgan fingerprint density at radius 1 is 1.04 bits per heavy atom. The van der Waals surface area contributed by atoms with Crippen LogP contribution >= 0.6 is 0 Å². The molecule has 3 N–H and O–H groups in total. The second-order valence-corrected chi connectivity index (χ2v) is 5.28. The maximum Gasteiger partial charge on any atom is 0.248 e. The number of primary amides is 1. The molecule has 124 valence electrons. The van der Waals surface area contributed by atoms with Gasteiger partial charge in [-0.15, -0.1) is 0 Å². The van der Waals surface area contributed by atoms with E-state index in [2.05, 4.69) is 5.32 Å². The molecular weight excluding hydrogens is 320 g/mol. The summed E-state index contributed by atoms with van der Waals surface area (Å²) in [5.74, 6) is -0.958. The van der Waals surface area contributed by atoms with E-state index in [1.54, 1.807) is 36.4 Å². The molecule has 3 rings (SSSR count). The molecule has 0 atom stereocenters. The van der Waals surface area contributed by atoms with Crippen molar-refractivity contribution in [1.82, 2.24) is 0 Å². The number of carbonyl (C=O) groups excluding carboxylic acids is 2. The minimum atomic E-state index is -0.541. The fraction of sp³-hybridized carbons (Fsp3) is 0. The van der Waals surface area contributed by atoms with Gasteiger partial charge in [-0.25, -0.2) is 0 Å². The molecule has 0 aliphatic rings. The van der Waals surface area contributed by atoms with E-state index in [0.29, 0.717) is 22.2 Å². The van der Waals surface area contributed by atoms with Gasteiger partial charge in [0.25, 0.3) is 0 Å². The first kappa shape index (κ1) is 16.2. The van der Waals surface area contributed by atoms with Crippen molar-refractivity contribution >= 4 is 34.5 Å². The van der Waals surface area contributed by atoms with Crippen LogP contribution in [0.15, 0.2) is 70.1 Å². The molecule has 0 saturated heterocycles. The third-order valence-corrected chi connectivity index (χ3v) is 3.56. The number of fused-ring (bicyclic) bond motifs is 1. The van der Waals surface area contributed by atoms with E-state index in [0.717, 1.165) is 0 Å². The summed E-state index contributed by atoms with van der Waals surface area (Å²) in [6.07, 6.45) is 3.95. The highest BCUT2D eigenvalue weighted by Gasteiger charge is 2.05. The lowest BCUT2D eigenvalue weighted by molar-refractivity contribution is -0.111. The number of nitrogens with one attached hydrogen (secondary N) is 1. The lowest BCUT2D eigenvalue weighted by Gasteiger charge is -2.03. The summed E-state index contributed by atoms with van der Waals surface area (Å²) in [6.45, 7) is 0. The molecule has 0 aliphatic carbocycles. The average Bonchev–Trinajstić information content (AvgIpc) is 2.62. The summed E-state index contributed by atoms with van der Waals surface area (Å²) in [7, 11) is 0. The predicted molar refractivity (Wildman–Crippen MR) is 95.1 cm³/mol. The molecule has 1 aromatic heterocycles. The van der Waals surface area contributed by atoms with Gasteiger partial charge < -0.3 is 15.5 Å². The van der Waals surface area contributed by atoms with Crippen LogP contribution in [0.3, 0.4) is 0 Å². The van der Waals surface area contributed by atoms with Gasteiger partial charge in [0.2, 0.25) is 11.8 Å². The predicted octanol–water partition coefficient (Wildman–Crippen LogP) is 2.54. The van der Waals surface area contributed by atoms with E-state index >= 15 is 0 Å². The van der Waals surface area contributed by atoms with Crippen LogP contribution in [0.2, 0.25) is 0 Å². The quantitative estimate of drug-likeness (QED) is 0.716. The van der Waals surface area contributed by atoms with Gasteiger partial charge in [0.15, 0.2) is 5.43 Å². The smallest absolute Gasteiger partial charge is 0.248 e. The summed E-state index contributed by atoms with van der Waals surface area (Å²) in [5.41, 5.74) is 6.56. The number of rotatable bonds is 4. The molecule has 2 aromatic carbocycles. The Morgan fingerprint density at radius 2 is 1.76 bits per heavy atom. The molecular formula is C19H14N2O4. The van der Waals surface area contributed by atoms with Crippen LogP contribution in [0.25, 0.3) is 17.0 Å². The zero-order chi connectivity index (χ0) is 17.8. The minimum absolute atomic E-state index is 0.211. The van der Waals surface area contributed by atoms with Crippen molar-refractivity contribution in [3.05, 3.63) is 82.2 Å². The van der Waals surface area contributed by atoms with Crippen molar-refractivity contribution in [1.29, 1.82) is 0 Å². The Balaban J connectivity index is 1.75. The number of benzene rings is 2. The number of nitrogens with two attached hydrogens (primary N) is 1. The van der Waals surface area contributed by atoms with Crippen LogP contribution in [0.1, 0.15) is 15.9 Å². The van der Waals surface area contributed by atoms with Gasteiger partial charge in [0.1, 0.15) is 11.8 Å². The molecule has 0 saturated carbocycles. The molecule has 6 heteroatoms. The van der Waals surface area contributed by atoms with E-state index in [4.69, 9.17) is 10.2 Å². The van der Waals surface area contributed by atoms with Gasteiger partial charge in [-0.2, -0.15) is 0 Å². The monoisotopic (exact) mass is 334 g/mol. The summed E-state index contributed by atoms with van der Waals surface area (Å²) >= 11 is 0. The minimum Gasteiger partial charge on any atom is -0.463 e. The molecule has 25 heavy (non-hydrogen) atoms. The van der Waals surface area contributed by atoms with E-state index in [9.17, 15) is 14.4 Å². The molecule has 3 aromatic rings. The zero-order valence-electron chi connectivity index (χ0n) is 13.1. The highest BCUT2D eigenvalue weighted by molar-refractivity contribution is 6.02. The fourth-order valence-electron chi connectivity index (χ4n) is 2.28. The van der Waals surface area contributed by atoms with Crippen molar-refractivity contribution in [3.63, 3.8) is 0 Å². The first-order valence-electron chi connectivity index (χ1n) is 7.44. The van der Waals surface area contributed by atoms with Crippen molar-refractivity contribution < 1.29 is 14.0 Å². The summed E-state index contributed by atoms with van der Waals surface area (Å²) < 4.78 is 5.38. The van der Waals surface area contributed by atoms with Gasteiger partial charge in [-0.1, -0.05) is 12.1 Å². The van der Waals surface area contributed by atoms with Crippen LogP contribution < -0.4 is 16.5 Å². The molecule has 1 heterocycles. The Labute approximate surface area is 142 Å². The summed E-state index contributed by atoms with van der Waals surface area (Å²) in [5, 5.41) is 3.08. The number of anilines is 1. The van der Waals surface area contributed by atoms with E-state index in [1.807, 2.05) is 0 Å². The largest absolute Gasteiger partial charge is 0.463 e. The molecule has 0 fully saturated rings. The third kappa shape index (κ3) is 3.64. The molecule has 0 aliphatic heterocycles. The normalized spacial score (nSPS) is 10.9. The molecule has 0 unspecified atom stereocenters. The van der Waals surface area contributed by atoms with Crippen molar-refractivity contribution in [2.45, 2.75) is 0 Å². The molecule has 0 bridgehead atoms. The lowest BCUT2D eigenvalue weighted by Crippen LogP contribution is -2.12. The topological polar surface area (TPSA) is 102 Å². The second kappa shape index (κ2) is 6.84. The highest BCUT2D eigenvalue weighted by Crippen LogP contribution is 2.12. The number of hydrogen-bond acceptors (Lipinski definition) is 4. The van der Waals surface area contributed by atoms with Crippen LogP contribution in [0.5, 0.6) is 0 Å². The Morgan fingerprint density at radius 3 is 2.48 bits per heavy atom. The number of carbonyl (C=O) groups is 2. The van der Waals surface area contributed by atoms with Gasteiger partial charge in [0.05, 0.1) is 10.9 Å². The van der Waals surface area contributed by atoms with Gasteiger partial charge in [-0.05, 0) is 42.5 Å². The van der Waals surface area contributed by atoms with Crippen molar-refractivity contribution in [2.24, 2.45) is 5.73 Å². The first-order chi connectivity index (χ1) is 12.0. The standard InChI is InChI=1S/C19H14N2O4/c20-19(24)12-5-8-14(9-6-12)21-17(22)10-7-13-11-25-16-4-2-1-3-15(16)18(13)23/h1-11H,(H2,20,24)(H,21,22)/b10-7+.